The van der Waals surface area contributed by atoms with Gasteiger partial charge in [-0.25, -0.2) is 0 Å². The monoisotopic (exact) mass is 440 g/mol. The zero-order chi connectivity index (χ0) is 23.1. The van der Waals surface area contributed by atoms with Crippen LogP contribution in [0.15, 0.2) is 48.5 Å². The first-order chi connectivity index (χ1) is 15.5. The summed E-state index contributed by atoms with van der Waals surface area (Å²) in [6, 6.07) is 14.3. The normalized spacial score (nSPS) is 22.1. The first-order valence-electron chi connectivity index (χ1n) is 11.4. The van der Waals surface area contributed by atoms with E-state index in [4.69, 9.17) is 9.47 Å². The largest absolute Gasteiger partial charge is 0.494 e. The highest BCUT2D eigenvalue weighted by atomic mass is 16.5. The Balaban J connectivity index is 1.80. The van der Waals surface area contributed by atoms with E-state index in [9.17, 15) is 19.8 Å². The number of carboxylic acid groups (broad SMARTS) is 2. The van der Waals surface area contributed by atoms with Gasteiger partial charge in [-0.15, -0.1) is 0 Å². The molecule has 0 aromatic heterocycles. The maximum absolute atomic E-state index is 12.2. The van der Waals surface area contributed by atoms with Crippen LogP contribution in [0.4, 0.5) is 0 Å². The first kappa shape index (κ1) is 23.6. The third kappa shape index (κ3) is 5.23. The number of ether oxygens (including phenoxy) is 2. The van der Waals surface area contributed by atoms with Crippen molar-refractivity contribution in [2.45, 2.75) is 51.4 Å². The summed E-state index contributed by atoms with van der Waals surface area (Å²) in [7, 11) is 0. The summed E-state index contributed by atoms with van der Waals surface area (Å²) in [5.74, 6) is -3.37. The molecule has 2 aromatic rings. The second-order valence-corrected chi connectivity index (χ2v) is 8.32. The van der Waals surface area contributed by atoms with Crippen LogP contribution in [0.25, 0.3) is 0 Å². The van der Waals surface area contributed by atoms with Crippen molar-refractivity contribution in [3.05, 3.63) is 59.7 Å². The van der Waals surface area contributed by atoms with Crippen LogP contribution in [-0.4, -0.2) is 35.4 Å². The SMILES string of the molecule is CCCCOc1ccc([C@H]2[C@H](C(=O)O)[C@H](c3ccc(OCCCC)cc3)[C@H]2C(=O)O)cc1. The Morgan fingerprint density at radius 3 is 1.31 bits per heavy atom. The number of unbranched alkanes of at least 4 members (excludes halogenated alkanes) is 2. The third-order valence-corrected chi connectivity index (χ3v) is 6.18. The standard InChI is InChI=1S/C26H32O6/c1-3-5-15-31-19-11-7-17(8-12-19)21-23(25(27)28)22(24(21)26(29)30)18-9-13-20(14-10-18)32-16-6-4-2/h7-14,21-24H,3-6,15-16H2,1-2H3,(H,27,28)(H,29,30)/t21-,22-,23-,24-. The number of hydrogen-bond acceptors (Lipinski definition) is 4. The van der Waals surface area contributed by atoms with Crippen molar-refractivity contribution < 1.29 is 29.3 Å². The maximum Gasteiger partial charge on any atom is 0.307 e. The van der Waals surface area contributed by atoms with Gasteiger partial charge in [-0.1, -0.05) is 51.0 Å². The van der Waals surface area contributed by atoms with Crippen LogP contribution < -0.4 is 9.47 Å². The lowest BCUT2D eigenvalue weighted by molar-refractivity contribution is -0.159. The number of benzene rings is 2. The van der Waals surface area contributed by atoms with Crippen LogP contribution in [0.2, 0.25) is 0 Å². The molecule has 3 rings (SSSR count). The van der Waals surface area contributed by atoms with Crippen LogP contribution in [0.5, 0.6) is 11.5 Å². The lowest BCUT2D eigenvalue weighted by Crippen LogP contribution is -2.50. The van der Waals surface area contributed by atoms with E-state index >= 15 is 0 Å². The van der Waals surface area contributed by atoms with Crippen LogP contribution in [0.3, 0.4) is 0 Å². The Kier molecular flexibility index (Phi) is 8.14. The van der Waals surface area contributed by atoms with Crippen LogP contribution in [0, 0.1) is 11.8 Å². The molecule has 0 spiro atoms. The molecule has 0 bridgehead atoms. The van der Waals surface area contributed by atoms with E-state index in [2.05, 4.69) is 13.8 Å². The summed E-state index contributed by atoms with van der Waals surface area (Å²) < 4.78 is 11.3. The summed E-state index contributed by atoms with van der Waals surface area (Å²) in [5, 5.41) is 19.9. The van der Waals surface area contributed by atoms with Crippen molar-refractivity contribution >= 4 is 11.9 Å². The number of hydrogen-bond donors (Lipinski definition) is 2. The fraction of sp³-hybridized carbons (Fsp3) is 0.462. The minimum Gasteiger partial charge on any atom is -0.494 e. The molecule has 1 aliphatic rings. The van der Waals surface area contributed by atoms with E-state index < -0.39 is 35.6 Å². The van der Waals surface area contributed by atoms with Gasteiger partial charge in [0.1, 0.15) is 11.5 Å². The van der Waals surface area contributed by atoms with Crippen molar-refractivity contribution in [2.75, 3.05) is 13.2 Å². The molecule has 32 heavy (non-hydrogen) atoms. The Morgan fingerprint density at radius 2 is 1.03 bits per heavy atom. The summed E-state index contributed by atoms with van der Waals surface area (Å²) in [6.07, 6.45) is 3.98. The summed E-state index contributed by atoms with van der Waals surface area (Å²) in [4.78, 5) is 24.3. The quantitative estimate of drug-likeness (QED) is 0.434. The number of rotatable bonds is 12. The first-order valence-corrected chi connectivity index (χ1v) is 11.4. The van der Waals surface area contributed by atoms with E-state index in [1.807, 2.05) is 0 Å². The van der Waals surface area contributed by atoms with Crippen molar-refractivity contribution in [2.24, 2.45) is 11.8 Å². The van der Waals surface area contributed by atoms with Gasteiger partial charge < -0.3 is 19.7 Å². The van der Waals surface area contributed by atoms with Gasteiger partial charge in [0, 0.05) is 11.8 Å². The molecule has 0 heterocycles. The highest BCUT2D eigenvalue weighted by Crippen LogP contribution is 2.57. The molecule has 2 aromatic carbocycles. The molecule has 172 valence electrons. The molecule has 2 N–H and O–H groups in total. The zero-order valence-electron chi connectivity index (χ0n) is 18.7. The highest BCUT2D eigenvalue weighted by Gasteiger charge is 2.58. The molecule has 1 aliphatic carbocycles. The van der Waals surface area contributed by atoms with Crippen molar-refractivity contribution in [3.63, 3.8) is 0 Å². The van der Waals surface area contributed by atoms with E-state index in [1.165, 1.54) is 0 Å². The molecule has 0 aliphatic heterocycles. The molecule has 0 unspecified atom stereocenters. The van der Waals surface area contributed by atoms with E-state index in [0.717, 1.165) is 25.7 Å². The molecule has 0 radical (unpaired) electrons. The highest BCUT2D eigenvalue weighted by molar-refractivity contribution is 5.83. The minimum atomic E-state index is -0.982. The van der Waals surface area contributed by atoms with Crippen molar-refractivity contribution in [3.8, 4) is 11.5 Å². The van der Waals surface area contributed by atoms with Gasteiger partial charge in [-0.3, -0.25) is 9.59 Å². The predicted molar refractivity (Wildman–Crippen MR) is 121 cm³/mol. The average molecular weight is 441 g/mol. The van der Waals surface area contributed by atoms with E-state index in [0.29, 0.717) is 35.8 Å². The van der Waals surface area contributed by atoms with Gasteiger partial charge in [-0.05, 0) is 48.2 Å². The van der Waals surface area contributed by atoms with Gasteiger partial charge in [0.05, 0.1) is 25.0 Å². The Bertz CT molecular complexity index is 806. The molecular weight excluding hydrogens is 408 g/mol. The van der Waals surface area contributed by atoms with E-state index in [-0.39, 0.29) is 0 Å². The molecular formula is C26H32O6. The molecule has 6 heteroatoms. The molecule has 6 nitrogen and oxygen atoms in total. The predicted octanol–water partition coefficient (Wildman–Crippen LogP) is 5.33. The molecule has 0 saturated heterocycles. The fourth-order valence-electron chi connectivity index (χ4n) is 4.43. The van der Waals surface area contributed by atoms with Gasteiger partial charge in [-0.2, -0.15) is 0 Å². The van der Waals surface area contributed by atoms with Gasteiger partial charge >= 0.3 is 11.9 Å². The minimum absolute atomic E-state index is 0.597. The van der Waals surface area contributed by atoms with Gasteiger partial charge in [0.25, 0.3) is 0 Å². The lowest BCUT2D eigenvalue weighted by atomic mass is 9.52. The molecule has 1 saturated carbocycles. The zero-order valence-corrected chi connectivity index (χ0v) is 18.7. The van der Waals surface area contributed by atoms with E-state index in [1.54, 1.807) is 48.5 Å². The number of aliphatic carboxylic acids is 2. The summed E-state index contributed by atoms with van der Waals surface area (Å²) in [6.45, 7) is 5.42. The number of carbonyl (C=O) groups is 2. The number of carboxylic acids is 2. The maximum atomic E-state index is 12.2. The van der Waals surface area contributed by atoms with Crippen LogP contribution in [-0.2, 0) is 9.59 Å². The van der Waals surface area contributed by atoms with Crippen LogP contribution >= 0.6 is 0 Å². The van der Waals surface area contributed by atoms with Crippen LogP contribution in [0.1, 0.15) is 62.5 Å². The fourth-order valence-corrected chi connectivity index (χ4v) is 4.43. The van der Waals surface area contributed by atoms with Crippen molar-refractivity contribution in [1.82, 2.24) is 0 Å². The summed E-state index contributed by atoms with van der Waals surface area (Å²) in [5.41, 5.74) is 1.42. The lowest BCUT2D eigenvalue weighted by Gasteiger charge is -2.48. The smallest absolute Gasteiger partial charge is 0.307 e. The second kappa shape index (κ2) is 11.0. The van der Waals surface area contributed by atoms with Gasteiger partial charge in [0.15, 0.2) is 0 Å². The average Bonchev–Trinajstić information content (AvgIpc) is 2.75. The second-order valence-electron chi connectivity index (χ2n) is 8.32. The van der Waals surface area contributed by atoms with Crippen molar-refractivity contribution in [1.29, 1.82) is 0 Å². The van der Waals surface area contributed by atoms with Gasteiger partial charge in [0.2, 0.25) is 0 Å². The topological polar surface area (TPSA) is 93.1 Å². The Labute approximate surface area is 189 Å². The summed E-state index contributed by atoms with van der Waals surface area (Å²) >= 11 is 0. The molecule has 1 fully saturated rings. The molecule has 0 amide bonds. The Morgan fingerprint density at radius 1 is 0.688 bits per heavy atom. The Hall–Kier alpha value is -3.02. The molecule has 0 atom stereocenters. The third-order valence-electron chi connectivity index (χ3n) is 6.18.